The van der Waals surface area contributed by atoms with Crippen molar-refractivity contribution in [3.05, 3.63) is 46.1 Å². The molecule has 1 aromatic carbocycles. The molecule has 10 heteroatoms. The molecule has 0 radical (unpaired) electrons. The number of benzene rings is 1. The molecule has 1 amide bonds. The zero-order valence-corrected chi connectivity index (χ0v) is 20.6. The van der Waals surface area contributed by atoms with Crippen molar-refractivity contribution in [2.24, 2.45) is 4.99 Å². The summed E-state index contributed by atoms with van der Waals surface area (Å²) in [5.41, 5.74) is 2.47. The van der Waals surface area contributed by atoms with Gasteiger partial charge in [0.15, 0.2) is 5.17 Å². The third-order valence-corrected chi connectivity index (χ3v) is 6.88. The maximum absolute atomic E-state index is 12.9. The van der Waals surface area contributed by atoms with Crippen molar-refractivity contribution >= 4 is 28.8 Å². The second-order valence-corrected chi connectivity index (χ2v) is 8.98. The Labute approximate surface area is 203 Å². The normalized spacial score (nSPS) is 21.6. The number of carbonyl (C=O) groups excluding carboxylic acids is 2. The van der Waals surface area contributed by atoms with Crippen LogP contribution >= 0.6 is 11.8 Å². The van der Waals surface area contributed by atoms with Gasteiger partial charge in [-0.15, -0.1) is 0 Å². The van der Waals surface area contributed by atoms with E-state index in [1.165, 1.54) is 18.9 Å². The first-order chi connectivity index (χ1) is 16.4. The summed E-state index contributed by atoms with van der Waals surface area (Å²) >= 11 is 1.42. The van der Waals surface area contributed by atoms with Gasteiger partial charge in [-0.25, -0.2) is 9.79 Å². The number of allylic oxidation sites excluding steroid dienone is 1. The van der Waals surface area contributed by atoms with Crippen LogP contribution in [0.2, 0.25) is 0 Å². The number of ether oxygens (including phenoxy) is 4. The van der Waals surface area contributed by atoms with E-state index in [2.05, 4.69) is 10.3 Å². The van der Waals surface area contributed by atoms with E-state index in [1.54, 1.807) is 27.2 Å². The third kappa shape index (κ3) is 4.92. The van der Waals surface area contributed by atoms with Gasteiger partial charge in [0.05, 0.1) is 51.2 Å². The highest BCUT2D eigenvalue weighted by Crippen LogP contribution is 2.46. The molecule has 34 heavy (non-hydrogen) atoms. The fourth-order valence-corrected chi connectivity index (χ4v) is 5.27. The van der Waals surface area contributed by atoms with Crippen LogP contribution in [0.4, 0.5) is 0 Å². The summed E-state index contributed by atoms with van der Waals surface area (Å²) in [6, 6.07) is 4.91. The van der Waals surface area contributed by atoms with Gasteiger partial charge in [-0.1, -0.05) is 11.8 Å². The van der Waals surface area contributed by atoms with Crippen LogP contribution in [0, 0.1) is 0 Å². The molecule has 3 aliphatic rings. The zero-order chi connectivity index (χ0) is 24.2. The summed E-state index contributed by atoms with van der Waals surface area (Å²) < 4.78 is 21.6. The van der Waals surface area contributed by atoms with Crippen LogP contribution in [-0.4, -0.2) is 62.5 Å². The summed E-state index contributed by atoms with van der Waals surface area (Å²) in [5.74, 6) is 0.585. The van der Waals surface area contributed by atoms with Crippen molar-refractivity contribution in [2.75, 3.05) is 34.5 Å². The Morgan fingerprint density at radius 1 is 1.21 bits per heavy atom. The molecular weight excluding hydrogens is 458 g/mol. The summed E-state index contributed by atoms with van der Waals surface area (Å²) in [6.07, 6.45) is 2.18. The van der Waals surface area contributed by atoms with E-state index >= 15 is 0 Å². The number of amides is 1. The molecule has 0 spiro atoms. The first-order valence-corrected chi connectivity index (χ1v) is 12.0. The minimum atomic E-state index is -0.559. The van der Waals surface area contributed by atoms with Crippen molar-refractivity contribution in [1.29, 1.82) is 0 Å². The van der Waals surface area contributed by atoms with E-state index in [0.29, 0.717) is 34.5 Å². The highest BCUT2D eigenvalue weighted by Gasteiger charge is 2.41. The Kier molecular flexibility index (Phi) is 7.47. The van der Waals surface area contributed by atoms with E-state index in [-0.39, 0.29) is 18.4 Å². The lowest BCUT2D eigenvalue weighted by Crippen LogP contribution is -2.38. The lowest BCUT2D eigenvalue weighted by Gasteiger charge is -2.36. The van der Waals surface area contributed by atoms with E-state index < -0.39 is 12.0 Å². The predicted octanol–water partition coefficient (Wildman–Crippen LogP) is 3.14. The van der Waals surface area contributed by atoms with Gasteiger partial charge in [0.25, 0.3) is 0 Å². The number of methoxy groups -OCH3 is 3. The van der Waals surface area contributed by atoms with Crippen molar-refractivity contribution in [1.82, 2.24) is 10.2 Å². The second-order valence-electron chi connectivity index (χ2n) is 8.15. The van der Waals surface area contributed by atoms with Gasteiger partial charge in [-0.3, -0.25) is 4.79 Å². The van der Waals surface area contributed by atoms with Crippen molar-refractivity contribution < 1.29 is 28.5 Å². The zero-order valence-electron chi connectivity index (χ0n) is 19.8. The second kappa shape index (κ2) is 10.5. The number of amidine groups is 1. The van der Waals surface area contributed by atoms with E-state index in [9.17, 15) is 9.59 Å². The number of aliphatic imine (C=N–C) groups is 1. The average Bonchev–Trinajstić information content (AvgIpc) is 3.51. The van der Waals surface area contributed by atoms with E-state index in [1.807, 2.05) is 22.4 Å². The number of hydrogen-bond acceptors (Lipinski definition) is 9. The van der Waals surface area contributed by atoms with Gasteiger partial charge < -0.3 is 29.2 Å². The van der Waals surface area contributed by atoms with Gasteiger partial charge in [0, 0.05) is 24.9 Å². The lowest BCUT2D eigenvalue weighted by molar-refractivity contribution is -0.136. The van der Waals surface area contributed by atoms with Crippen LogP contribution in [0.5, 0.6) is 11.5 Å². The Hall–Kier alpha value is -2.98. The average molecular weight is 488 g/mol. The minimum Gasteiger partial charge on any atom is -0.497 e. The van der Waals surface area contributed by atoms with Crippen LogP contribution in [0.25, 0.3) is 0 Å². The molecular formula is C24H29N3O6S. The van der Waals surface area contributed by atoms with Crippen LogP contribution < -0.4 is 14.8 Å². The smallest absolute Gasteiger partial charge is 0.338 e. The summed E-state index contributed by atoms with van der Waals surface area (Å²) in [7, 11) is 4.49. The molecule has 3 aliphatic heterocycles. The molecule has 1 aromatic rings. The Bertz CT molecular complexity index is 1040. The Morgan fingerprint density at radius 2 is 1.94 bits per heavy atom. The fraction of sp³-hybridized carbons (Fsp3) is 0.458. The number of thioether (sulfide) groups is 1. The number of rotatable bonds is 8. The van der Waals surface area contributed by atoms with Crippen molar-refractivity contribution in [2.45, 2.75) is 38.3 Å². The van der Waals surface area contributed by atoms with Crippen molar-refractivity contribution in [3.8, 4) is 11.5 Å². The SMILES string of the molecule is COC(=O)C1=C(C)N=C2SC=C(CC(=O)NCC3CCCO3)N2C1c1cc(OC)cc(OC)c1. The maximum Gasteiger partial charge on any atom is 0.338 e. The topological polar surface area (TPSA) is 98.7 Å². The predicted molar refractivity (Wildman–Crippen MR) is 129 cm³/mol. The number of hydrogen-bond donors (Lipinski definition) is 1. The Morgan fingerprint density at radius 3 is 2.56 bits per heavy atom. The summed E-state index contributed by atoms with van der Waals surface area (Å²) in [6.45, 7) is 3.01. The molecule has 2 unspecified atom stereocenters. The minimum absolute atomic E-state index is 0.0662. The summed E-state index contributed by atoms with van der Waals surface area (Å²) in [4.78, 5) is 32.2. The molecule has 0 bridgehead atoms. The van der Waals surface area contributed by atoms with Crippen LogP contribution in [0.3, 0.4) is 0 Å². The highest BCUT2D eigenvalue weighted by molar-refractivity contribution is 8.16. The maximum atomic E-state index is 12.9. The molecule has 0 saturated carbocycles. The largest absolute Gasteiger partial charge is 0.497 e. The molecule has 4 rings (SSSR count). The van der Waals surface area contributed by atoms with E-state index in [0.717, 1.165) is 30.7 Å². The van der Waals surface area contributed by atoms with Crippen LogP contribution in [0.15, 0.2) is 45.6 Å². The number of carbonyl (C=O) groups is 2. The molecule has 1 N–H and O–H groups in total. The van der Waals surface area contributed by atoms with Gasteiger partial charge in [0.1, 0.15) is 11.5 Å². The van der Waals surface area contributed by atoms with Crippen LogP contribution in [0.1, 0.15) is 37.8 Å². The van der Waals surface area contributed by atoms with E-state index in [4.69, 9.17) is 18.9 Å². The van der Waals surface area contributed by atoms with Gasteiger partial charge in [-0.05, 0) is 42.9 Å². The fourth-order valence-electron chi connectivity index (χ4n) is 4.30. The number of fused-ring (bicyclic) bond motifs is 1. The first-order valence-electron chi connectivity index (χ1n) is 11.1. The molecule has 9 nitrogen and oxygen atoms in total. The highest BCUT2D eigenvalue weighted by atomic mass is 32.2. The number of nitrogens with zero attached hydrogens (tertiary/aromatic N) is 2. The number of esters is 1. The quantitative estimate of drug-likeness (QED) is 0.559. The van der Waals surface area contributed by atoms with Crippen LogP contribution in [-0.2, 0) is 19.1 Å². The lowest BCUT2D eigenvalue weighted by atomic mass is 9.93. The number of nitrogens with one attached hydrogen (secondary N) is 1. The first kappa shape index (κ1) is 24.2. The summed E-state index contributed by atoms with van der Waals surface area (Å²) in [5, 5.41) is 5.57. The molecule has 0 aromatic heterocycles. The molecule has 0 aliphatic carbocycles. The Balaban J connectivity index is 1.66. The standard InChI is InChI=1S/C24H29N3O6S/c1-14-21(23(29)32-4)22(15-8-18(30-2)11-19(9-15)31-3)27-16(13-34-24(27)26-14)10-20(28)25-12-17-6-5-7-33-17/h8-9,11,13,17,22H,5-7,10,12H2,1-4H3,(H,25,28). The molecule has 1 fully saturated rings. The molecule has 2 atom stereocenters. The molecule has 182 valence electrons. The van der Waals surface area contributed by atoms with Gasteiger partial charge in [-0.2, -0.15) is 0 Å². The molecule has 1 saturated heterocycles. The third-order valence-electron chi connectivity index (χ3n) is 5.99. The molecule has 3 heterocycles. The van der Waals surface area contributed by atoms with Gasteiger partial charge in [0.2, 0.25) is 5.91 Å². The van der Waals surface area contributed by atoms with Crippen molar-refractivity contribution in [3.63, 3.8) is 0 Å². The monoisotopic (exact) mass is 487 g/mol. The van der Waals surface area contributed by atoms with Gasteiger partial charge >= 0.3 is 5.97 Å².